The smallest absolute Gasteiger partial charge is 0.243 e. The summed E-state index contributed by atoms with van der Waals surface area (Å²) in [5.74, 6) is 1.32. The lowest BCUT2D eigenvalue weighted by molar-refractivity contribution is -0.133. The summed E-state index contributed by atoms with van der Waals surface area (Å²) in [6.07, 6.45) is 0.899. The topological polar surface area (TPSA) is 75.5 Å². The molecule has 0 radical (unpaired) electrons. The molecule has 0 bridgehead atoms. The number of nitrogens with zero attached hydrogens (tertiary/aromatic N) is 4. The first kappa shape index (κ1) is 24.3. The first-order valence-electron chi connectivity index (χ1n) is 10.8. The van der Waals surface area contributed by atoms with Gasteiger partial charge in [-0.1, -0.05) is 27.7 Å². The highest BCUT2D eigenvalue weighted by atomic mass is 32.2. The average Bonchev–Trinajstić information content (AvgIpc) is 2.99. The predicted molar refractivity (Wildman–Crippen MR) is 121 cm³/mol. The Kier molecular flexibility index (Phi) is 8.05. The number of imidazole rings is 1. The lowest BCUT2D eigenvalue weighted by Crippen LogP contribution is -2.39. The maximum Gasteiger partial charge on any atom is 0.243 e. The summed E-state index contributed by atoms with van der Waals surface area (Å²) < 4.78 is 29.0. The van der Waals surface area contributed by atoms with Crippen LogP contribution >= 0.6 is 0 Å². The Hall–Kier alpha value is -1.93. The van der Waals surface area contributed by atoms with E-state index in [9.17, 15) is 13.2 Å². The third-order valence-electron chi connectivity index (χ3n) is 5.36. The van der Waals surface area contributed by atoms with Crippen molar-refractivity contribution in [3.05, 3.63) is 24.0 Å². The molecular weight excluding hydrogens is 400 g/mol. The van der Waals surface area contributed by atoms with Gasteiger partial charge in [-0.2, -0.15) is 4.31 Å². The summed E-state index contributed by atoms with van der Waals surface area (Å²) >= 11 is 0. The summed E-state index contributed by atoms with van der Waals surface area (Å²) in [4.78, 5) is 19.6. The van der Waals surface area contributed by atoms with E-state index in [4.69, 9.17) is 0 Å². The molecule has 0 spiro atoms. The molecule has 0 atom stereocenters. The fourth-order valence-electron chi connectivity index (χ4n) is 3.68. The summed E-state index contributed by atoms with van der Waals surface area (Å²) in [5, 5.41) is 0. The normalized spacial score (nSPS) is 12.5. The van der Waals surface area contributed by atoms with Crippen LogP contribution < -0.4 is 0 Å². The summed E-state index contributed by atoms with van der Waals surface area (Å²) in [6, 6.07) is 5.22. The van der Waals surface area contributed by atoms with Gasteiger partial charge < -0.3 is 9.47 Å². The molecule has 1 amide bonds. The highest BCUT2D eigenvalue weighted by molar-refractivity contribution is 7.89. The van der Waals surface area contributed by atoms with Crippen LogP contribution in [0.1, 0.15) is 53.8 Å². The van der Waals surface area contributed by atoms with E-state index >= 15 is 0 Å². The van der Waals surface area contributed by atoms with Gasteiger partial charge in [0.05, 0.1) is 15.9 Å². The quantitative estimate of drug-likeness (QED) is 0.572. The van der Waals surface area contributed by atoms with Crippen LogP contribution in [0.3, 0.4) is 0 Å². The molecule has 8 heteroatoms. The van der Waals surface area contributed by atoms with E-state index in [0.717, 1.165) is 17.9 Å². The second-order valence-corrected chi connectivity index (χ2v) is 10.3. The number of fused-ring (bicyclic) bond motifs is 1. The molecule has 0 fully saturated rings. The minimum atomic E-state index is -3.53. The number of amides is 1. The van der Waals surface area contributed by atoms with Gasteiger partial charge >= 0.3 is 0 Å². The molecule has 0 aliphatic carbocycles. The minimum Gasteiger partial charge on any atom is -0.340 e. The first-order chi connectivity index (χ1) is 14.0. The van der Waals surface area contributed by atoms with Crippen LogP contribution in [-0.2, 0) is 28.3 Å². The zero-order chi connectivity index (χ0) is 22.6. The van der Waals surface area contributed by atoms with Gasteiger partial charge in [-0.3, -0.25) is 4.79 Å². The lowest BCUT2D eigenvalue weighted by atomic mass is 10.1. The van der Waals surface area contributed by atoms with Crippen LogP contribution in [0.5, 0.6) is 0 Å². The van der Waals surface area contributed by atoms with Crippen molar-refractivity contribution < 1.29 is 13.2 Å². The number of sulfonamides is 1. The first-order valence-corrected chi connectivity index (χ1v) is 12.2. The van der Waals surface area contributed by atoms with E-state index in [1.165, 1.54) is 4.31 Å². The van der Waals surface area contributed by atoms with E-state index in [-0.39, 0.29) is 16.8 Å². The second kappa shape index (κ2) is 9.92. The zero-order valence-electron chi connectivity index (χ0n) is 19.3. The van der Waals surface area contributed by atoms with Crippen molar-refractivity contribution in [2.75, 3.05) is 19.6 Å². The van der Waals surface area contributed by atoms with Crippen molar-refractivity contribution >= 4 is 27.0 Å². The van der Waals surface area contributed by atoms with E-state index in [2.05, 4.69) is 18.8 Å². The lowest BCUT2D eigenvalue weighted by Gasteiger charge is -2.28. The van der Waals surface area contributed by atoms with Crippen LogP contribution in [0.25, 0.3) is 11.0 Å². The van der Waals surface area contributed by atoms with E-state index in [0.29, 0.717) is 37.4 Å². The van der Waals surface area contributed by atoms with Gasteiger partial charge in [0.15, 0.2) is 0 Å². The third kappa shape index (κ3) is 5.21. The zero-order valence-corrected chi connectivity index (χ0v) is 20.2. The SMILES string of the molecule is CCN(CC)S(=O)(=O)c1ccc2c(c1)nc(CCC(=O)N(CC(C)C)C(C)C)n2C. The van der Waals surface area contributed by atoms with Gasteiger partial charge in [0.2, 0.25) is 15.9 Å². The molecule has 0 saturated heterocycles. The fraction of sp³-hybridized carbons (Fsp3) is 0.636. The maximum atomic E-state index is 12.8. The van der Waals surface area contributed by atoms with E-state index in [1.54, 1.807) is 18.2 Å². The van der Waals surface area contributed by atoms with Crippen LogP contribution in [0.15, 0.2) is 23.1 Å². The Balaban J connectivity index is 2.26. The van der Waals surface area contributed by atoms with Crippen molar-refractivity contribution in [3.63, 3.8) is 0 Å². The maximum absolute atomic E-state index is 12.8. The fourth-order valence-corrected chi connectivity index (χ4v) is 5.16. The van der Waals surface area contributed by atoms with Crippen LogP contribution in [0, 0.1) is 5.92 Å². The highest BCUT2D eigenvalue weighted by Gasteiger charge is 2.23. The molecule has 0 unspecified atom stereocenters. The molecule has 1 heterocycles. The number of hydrogen-bond acceptors (Lipinski definition) is 4. The molecule has 2 rings (SSSR count). The Morgan fingerprint density at radius 1 is 1.13 bits per heavy atom. The molecule has 7 nitrogen and oxygen atoms in total. The highest BCUT2D eigenvalue weighted by Crippen LogP contribution is 2.23. The number of carbonyl (C=O) groups excluding carboxylic acids is 1. The van der Waals surface area contributed by atoms with Gasteiger partial charge in [-0.15, -0.1) is 0 Å². The van der Waals surface area contributed by atoms with Gasteiger partial charge in [0.25, 0.3) is 0 Å². The molecule has 168 valence electrons. The standard InChI is InChI=1S/C22H36N4O3S/c1-8-25(9-2)30(28,29)18-10-11-20-19(14-18)23-21(24(20)7)12-13-22(27)26(17(5)6)15-16(3)4/h10-11,14,16-17H,8-9,12-13,15H2,1-7H3. The summed E-state index contributed by atoms with van der Waals surface area (Å²) in [5.41, 5.74) is 1.50. The number of benzene rings is 1. The molecule has 0 aliphatic rings. The number of carbonyl (C=O) groups is 1. The number of hydrogen-bond donors (Lipinski definition) is 0. The summed E-state index contributed by atoms with van der Waals surface area (Å²) in [7, 11) is -1.63. The van der Waals surface area contributed by atoms with Crippen LogP contribution in [0.2, 0.25) is 0 Å². The molecule has 1 aromatic carbocycles. The molecule has 0 aliphatic heterocycles. The molecule has 2 aromatic rings. The number of aromatic nitrogens is 2. The Bertz CT molecular complexity index is 976. The van der Waals surface area contributed by atoms with Gasteiger partial charge in [-0.05, 0) is 38.0 Å². The van der Waals surface area contributed by atoms with Crippen molar-refractivity contribution in [1.82, 2.24) is 18.8 Å². The van der Waals surface area contributed by atoms with Crippen molar-refractivity contribution in [1.29, 1.82) is 0 Å². The average molecular weight is 437 g/mol. The van der Waals surface area contributed by atoms with Gasteiger partial charge in [0, 0.05) is 45.6 Å². The monoisotopic (exact) mass is 436 g/mol. The Morgan fingerprint density at radius 3 is 2.30 bits per heavy atom. The molecule has 0 saturated carbocycles. The van der Waals surface area contributed by atoms with Crippen LogP contribution in [0.4, 0.5) is 0 Å². The minimum absolute atomic E-state index is 0.121. The van der Waals surface area contributed by atoms with Crippen LogP contribution in [-0.4, -0.2) is 58.8 Å². The molecule has 0 N–H and O–H groups in total. The van der Waals surface area contributed by atoms with Crippen molar-refractivity contribution in [2.24, 2.45) is 13.0 Å². The molecular formula is C22H36N4O3S. The second-order valence-electron chi connectivity index (χ2n) is 8.36. The molecule has 30 heavy (non-hydrogen) atoms. The summed E-state index contributed by atoms with van der Waals surface area (Å²) in [6.45, 7) is 13.5. The van der Waals surface area contributed by atoms with E-state index < -0.39 is 10.0 Å². The van der Waals surface area contributed by atoms with Gasteiger partial charge in [-0.25, -0.2) is 13.4 Å². The van der Waals surface area contributed by atoms with Gasteiger partial charge in [0.1, 0.15) is 5.82 Å². The van der Waals surface area contributed by atoms with Crippen molar-refractivity contribution in [2.45, 2.75) is 65.3 Å². The van der Waals surface area contributed by atoms with Crippen molar-refractivity contribution in [3.8, 4) is 0 Å². The Morgan fingerprint density at radius 2 is 1.77 bits per heavy atom. The molecule has 1 aromatic heterocycles. The van der Waals surface area contributed by atoms with E-state index in [1.807, 2.05) is 44.2 Å². The number of rotatable bonds is 10. The Labute approximate surface area is 181 Å². The third-order valence-corrected chi connectivity index (χ3v) is 7.40. The largest absolute Gasteiger partial charge is 0.340 e. The number of aryl methyl sites for hydroxylation is 2. The predicted octanol–water partition coefficient (Wildman–Crippen LogP) is 3.43.